The zero-order chi connectivity index (χ0) is 28.2. The fraction of sp³-hybridized carbons (Fsp3) is 0.321. The Morgan fingerprint density at radius 2 is 1.79 bits per heavy atom. The number of aliphatic carboxylic acids is 1. The molecule has 11 heteroatoms. The second-order valence-corrected chi connectivity index (χ2v) is 11.7. The fourth-order valence-electron chi connectivity index (χ4n) is 4.31. The highest BCUT2D eigenvalue weighted by Gasteiger charge is 2.27. The van der Waals surface area contributed by atoms with Crippen LogP contribution in [0.15, 0.2) is 65.7 Å². The van der Waals surface area contributed by atoms with Gasteiger partial charge in [-0.1, -0.05) is 24.3 Å². The van der Waals surface area contributed by atoms with Crippen molar-refractivity contribution < 1.29 is 23.1 Å². The summed E-state index contributed by atoms with van der Waals surface area (Å²) in [6.07, 6.45) is 1.87. The average molecular weight is 552 g/mol. The summed E-state index contributed by atoms with van der Waals surface area (Å²) in [5.41, 5.74) is 8.39. The Hall–Kier alpha value is -3.96. The lowest BCUT2D eigenvalue weighted by Crippen LogP contribution is -2.40. The maximum Gasteiger partial charge on any atom is 0.323 e. The van der Waals surface area contributed by atoms with E-state index in [0.29, 0.717) is 28.5 Å². The molecular formula is C28H33N5O5S. The van der Waals surface area contributed by atoms with Gasteiger partial charge in [0, 0.05) is 38.0 Å². The van der Waals surface area contributed by atoms with Gasteiger partial charge in [0.2, 0.25) is 10.0 Å². The Bertz CT molecular complexity index is 1500. The number of benzene rings is 3. The van der Waals surface area contributed by atoms with Crippen LogP contribution in [0.1, 0.15) is 37.8 Å². The third-order valence-corrected chi connectivity index (χ3v) is 8.48. The Kier molecular flexibility index (Phi) is 8.51. The van der Waals surface area contributed by atoms with Crippen LogP contribution < -0.4 is 15.2 Å². The van der Waals surface area contributed by atoms with Gasteiger partial charge in [-0.2, -0.15) is 0 Å². The summed E-state index contributed by atoms with van der Waals surface area (Å²) in [6.45, 7) is 4.56. The first kappa shape index (κ1) is 28.1. The Morgan fingerprint density at radius 3 is 2.44 bits per heavy atom. The van der Waals surface area contributed by atoms with Gasteiger partial charge in [-0.15, -0.1) is 0 Å². The molecule has 1 aliphatic heterocycles. The van der Waals surface area contributed by atoms with E-state index in [1.54, 1.807) is 13.0 Å². The van der Waals surface area contributed by atoms with Gasteiger partial charge in [-0.25, -0.2) is 18.1 Å². The largest absolute Gasteiger partial charge is 0.490 e. The van der Waals surface area contributed by atoms with E-state index >= 15 is 0 Å². The topological polar surface area (TPSA) is 158 Å². The van der Waals surface area contributed by atoms with E-state index in [0.717, 1.165) is 49.4 Å². The molecule has 1 unspecified atom stereocenters. The van der Waals surface area contributed by atoms with Crippen molar-refractivity contribution in [3.05, 3.63) is 71.8 Å². The van der Waals surface area contributed by atoms with Crippen molar-refractivity contribution in [3.8, 4) is 5.75 Å². The predicted octanol–water partition coefficient (Wildman–Crippen LogP) is 3.61. The number of hydrogen-bond acceptors (Lipinski definition) is 6. The third-order valence-electron chi connectivity index (χ3n) is 6.80. The molecule has 4 rings (SSSR count). The number of carbonyl (C=O) groups is 1. The van der Waals surface area contributed by atoms with E-state index in [-0.39, 0.29) is 12.6 Å². The molecule has 1 fully saturated rings. The van der Waals surface area contributed by atoms with Crippen LogP contribution in [0.5, 0.6) is 5.75 Å². The summed E-state index contributed by atoms with van der Waals surface area (Å²) in [5, 5.41) is 17.0. The zero-order valence-electron chi connectivity index (χ0n) is 21.9. The molecule has 39 heavy (non-hydrogen) atoms. The van der Waals surface area contributed by atoms with Gasteiger partial charge in [0.1, 0.15) is 17.7 Å². The van der Waals surface area contributed by atoms with Crippen LogP contribution in [0.25, 0.3) is 10.8 Å². The fourth-order valence-corrected chi connectivity index (χ4v) is 5.19. The number of rotatable bonds is 9. The van der Waals surface area contributed by atoms with Crippen LogP contribution in [-0.4, -0.2) is 60.5 Å². The maximum atomic E-state index is 12.1. The van der Waals surface area contributed by atoms with Crippen LogP contribution in [-0.2, 0) is 21.4 Å². The lowest BCUT2D eigenvalue weighted by Gasteiger charge is -2.32. The summed E-state index contributed by atoms with van der Waals surface area (Å²) in [5.74, 6) is 0.291. The first-order valence-corrected chi connectivity index (χ1v) is 14.2. The van der Waals surface area contributed by atoms with Crippen LogP contribution in [0.4, 0.5) is 5.69 Å². The number of fused-ring (bicyclic) bond motifs is 1. The van der Waals surface area contributed by atoms with E-state index in [2.05, 4.69) is 14.6 Å². The number of amidine groups is 2. The Balaban J connectivity index is 1.42. The van der Waals surface area contributed by atoms with Crippen LogP contribution in [0, 0.1) is 5.41 Å². The van der Waals surface area contributed by atoms with E-state index in [9.17, 15) is 13.2 Å². The number of nitrogens with two attached hydrogens (primary N) is 1. The lowest BCUT2D eigenvalue weighted by molar-refractivity contribution is -0.136. The predicted molar refractivity (Wildman–Crippen MR) is 152 cm³/mol. The maximum absolute atomic E-state index is 12.1. The van der Waals surface area contributed by atoms with Gasteiger partial charge in [0.05, 0.1) is 11.5 Å². The standard InChI is InChI=1S/C28H33N5O5S/c1-18(28(34)35)39(36,37)31-17-20-3-4-21-5-6-22(16-23(21)15-20)27(30)32-24-7-9-25(10-8-24)38-26-11-13-33(14-12-26)19(2)29/h3-10,15-16,18,26,29,31H,11-14,17H2,1-2H3,(H2,30,32)(H,34,35). The summed E-state index contributed by atoms with van der Waals surface area (Å²) in [6, 6.07) is 18.6. The molecule has 1 saturated heterocycles. The molecule has 0 spiro atoms. The minimum Gasteiger partial charge on any atom is -0.490 e. The number of likely N-dealkylation sites (tertiary alicyclic amines) is 1. The molecule has 10 nitrogen and oxygen atoms in total. The van der Waals surface area contributed by atoms with Gasteiger partial charge in [0.25, 0.3) is 0 Å². The SMILES string of the molecule is CC(=N)N1CCC(Oc2ccc(N=C(N)c3ccc4ccc(CNS(=O)(=O)C(C)C(=O)O)cc4c3)cc2)CC1. The van der Waals surface area contributed by atoms with Crippen molar-refractivity contribution in [2.75, 3.05) is 13.1 Å². The minimum absolute atomic E-state index is 0.0282. The van der Waals surface area contributed by atoms with E-state index in [1.165, 1.54) is 0 Å². The van der Waals surface area contributed by atoms with Crippen molar-refractivity contribution >= 4 is 44.1 Å². The molecule has 0 aliphatic carbocycles. The van der Waals surface area contributed by atoms with Crippen LogP contribution >= 0.6 is 0 Å². The summed E-state index contributed by atoms with van der Waals surface area (Å²) in [7, 11) is -3.99. The van der Waals surface area contributed by atoms with Crippen molar-refractivity contribution in [2.45, 2.75) is 44.6 Å². The average Bonchev–Trinajstić information content (AvgIpc) is 2.92. The number of ether oxygens (including phenoxy) is 1. The number of hydrogen-bond donors (Lipinski definition) is 4. The van der Waals surface area contributed by atoms with Crippen molar-refractivity contribution in [3.63, 3.8) is 0 Å². The van der Waals surface area contributed by atoms with E-state index in [1.807, 2.05) is 54.6 Å². The van der Waals surface area contributed by atoms with Gasteiger partial charge >= 0.3 is 5.97 Å². The first-order valence-electron chi connectivity index (χ1n) is 12.7. The lowest BCUT2D eigenvalue weighted by atomic mass is 10.0. The summed E-state index contributed by atoms with van der Waals surface area (Å²) >= 11 is 0. The molecule has 0 bridgehead atoms. The molecule has 0 aromatic heterocycles. The number of carboxylic acid groups (broad SMARTS) is 1. The molecule has 1 atom stereocenters. The molecular weight excluding hydrogens is 518 g/mol. The first-order chi connectivity index (χ1) is 18.5. The van der Waals surface area contributed by atoms with Crippen molar-refractivity contribution in [1.82, 2.24) is 9.62 Å². The van der Waals surface area contributed by atoms with Crippen LogP contribution in [0.3, 0.4) is 0 Å². The Morgan fingerprint density at radius 1 is 1.13 bits per heavy atom. The van der Waals surface area contributed by atoms with E-state index < -0.39 is 21.2 Å². The number of sulfonamides is 1. The number of nitrogens with zero attached hydrogens (tertiary/aromatic N) is 2. The smallest absolute Gasteiger partial charge is 0.323 e. The number of piperidine rings is 1. The highest BCUT2D eigenvalue weighted by atomic mass is 32.2. The second-order valence-electron chi connectivity index (χ2n) is 9.62. The van der Waals surface area contributed by atoms with Crippen LogP contribution in [0.2, 0.25) is 0 Å². The molecule has 206 valence electrons. The van der Waals surface area contributed by atoms with Crippen molar-refractivity contribution in [2.24, 2.45) is 10.7 Å². The molecule has 0 saturated carbocycles. The minimum atomic E-state index is -3.99. The van der Waals surface area contributed by atoms with Gasteiger partial charge < -0.3 is 20.5 Å². The van der Waals surface area contributed by atoms with Gasteiger partial charge in [-0.05, 0) is 66.6 Å². The Labute approximate surface area is 228 Å². The molecule has 3 aromatic carbocycles. The molecule has 1 heterocycles. The quantitative estimate of drug-likeness (QED) is 0.234. The molecule has 0 amide bonds. The summed E-state index contributed by atoms with van der Waals surface area (Å²) in [4.78, 5) is 17.6. The second kappa shape index (κ2) is 11.8. The highest BCUT2D eigenvalue weighted by molar-refractivity contribution is 7.90. The summed E-state index contributed by atoms with van der Waals surface area (Å²) < 4.78 is 32.7. The van der Waals surface area contributed by atoms with Gasteiger partial charge in [-0.3, -0.25) is 10.2 Å². The van der Waals surface area contributed by atoms with Gasteiger partial charge in [0.15, 0.2) is 5.25 Å². The normalized spacial score (nSPS) is 15.7. The highest BCUT2D eigenvalue weighted by Crippen LogP contribution is 2.24. The monoisotopic (exact) mass is 551 g/mol. The zero-order valence-corrected chi connectivity index (χ0v) is 22.7. The number of nitrogens with one attached hydrogen (secondary N) is 2. The molecule has 5 N–H and O–H groups in total. The number of aliphatic imine (C=N–C) groups is 1. The van der Waals surface area contributed by atoms with E-state index in [4.69, 9.17) is 21.0 Å². The molecule has 3 aromatic rings. The molecule has 0 radical (unpaired) electrons. The van der Waals surface area contributed by atoms with Crippen molar-refractivity contribution in [1.29, 1.82) is 5.41 Å². The third kappa shape index (κ3) is 7.12. The molecule has 1 aliphatic rings. The number of carboxylic acids is 1.